The second kappa shape index (κ2) is 10.3. The molecule has 0 aromatic heterocycles. The van der Waals surface area contributed by atoms with Crippen molar-refractivity contribution in [3.8, 4) is 5.75 Å². The highest BCUT2D eigenvalue weighted by Crippen LogP contribution is 2.32. The van der Waals surface area contributed by atoms with Gasteiger partial charge in [-0.15, -0.1) is 0 Å². The van der Waals surface area contributed by atoms with Crippen LogP contribution in [0.1, 0.15) is 36.8 Å². The van der Waals surface area contributed by atoms with Crippen LogP contribution in [-0.4, -0.2) is 36.3 Å². The Morgan fingerprint density at radius 2 is 1.65 bits per heavy atom. The molecule has 0 aliphatic heterocycles. The van der Waals surface area contributed by atoms with Crippen LogP contribution < -0.4 is 4.74 Å². The monoisotopic (exact) mass is 474 g/mol. The van der Waals surface area contributed by atoms with Crippen molar-refractivity contribution >= 4 is 21.0 Å². The van der Waals surface area contributed by atoms with Crippen molar-refractivity contribution in [2.75, 3.05) is 6.61 Å². The van der Waals surface area contributed by atoms with Gasteiger partial charge in [0.2, 0.25) is 6.17 Å². The Labute approximate surface area is 183 Å². The van der Waals surface area contributed by atoms with E-state index in [2.05, 4.69) is 12.1 Å². The van der Waals surface area contributed by atoms with Crippen LogP contribution in [0.2, 0.25) is 0 Å². The summed E-state index contributed by atoms with van der Waals surface area (Å²) in [6, 6.07) is 17.0. The van der Waals surface area contributed by atoms with E-state index in [0.29, 0.717) is 5.25 Å². The van der Waals surface area contributed by atoms with Gasteiger partial charge in [-0.05, 0) is 48.7 Å². The Morgan fingerprint density at radius 3 is 2.29 bits per heavy atom. The van der Waals surface area contributed by atoms with E-state index in [0.717, 1.165) is 17.1 Å². The van der Waals surface area contributed by atoms with Crippen LogP contribution >= 0.6 is 0 Å². The zero-order valence-electron chi connectivity index (χ0n) is 16.9. The van der Waals surface area contributed by atoms with Gasteiger partial charge in [-0.3, -0.25) is 0 Å². The van der Waals surface area contributed by atoms with Crippen LogP contribution in [0, 0.1) is 0 Å². The average Bonchev–Trinajstić information content (AvgIpc) is 3.26. The average molecular weight is 475 g/mol. The lowest BCUT2D eigenvalue weighted by Crippen LogP contribution is -2.41. The largest absolute Gasteiger partial charge is 0.743 e. The minimum atomic E-state index is -6.11. The molecule has 0 spiro atoms. The van der Waals surface area contributed by atoms with Crippen molar-refractivity contribution in [2.45, 2.75) is 53.9 Å². The molecule has 0 amide bonds. The van der Waals surface area contributed by atoms with Gasteiger partial charge in [-0.2, -0.15) is 8.78 Å². The van der Waals surface area contributed by atoms with Gasteiger partial charge in [-0.25, -0.2) is 12.8 Å². The highest BCUT2D eigenvalue weighted by Gasteiger charge is 2.47. The van der Waals surface area contributed by atoms with Gasteiger partial charge in [0.05, 0.1) is 0 Å². The number of benzene rings is 2. The van der Waals surface area contributed by atoms with Crippen molar-refractivity contribution in [3.63, 3.8) is 0 Å². The maximum atomic E-state index is 13.7. The normalized spacial score (nSPS) is 17.4. The number of rotatable bonds is 10. The van der Waals surface area contributed by atoms with E-state index in [1.807, 2.05) is 24.3 Å². The zero-order chi connectivity index (χ0) is 22.5. The fraction of sp³-hybridized carbons (Fsp3) is 0.455. The molecule has 170 valence electrons. The summed E-state index contributed by atoms with van der Waals surface area (Å²) in [5.41, 5.74) is 2.22. The number of ether oxygens (including phenoxy) is 1. The molecule has 0 heterocycles. The first-order valence-corrected chi connectivity index (χ1v) is 13.1. The molecule has 0 radical (unpaired) electrons. The molecule has 2 unspecified atom stereocenters. The highest BCUT2D eigenvalue weighted by atomic mass is 32.2. The number of halogens is 3. The first-order valence-electron chi connectivity index (χ1n) is 10.1. The number of alkyl halides is 3. The van der Waals surface area contributed by atoms with E-state index in [9.17, 15) is 26.1 Å². The number of hydrogen-bond donors (Lipinski definition) is 0. The van der Waals surface area contributed by atoms with Gasteiger partial charge in [-0.1, -0.05) is 42.5 Å². The summed E-state index contributed by atoms with van der Waals surface area (Å²) in [4.78, 5) is 0. The Hall–Kier alpha value is -1.71. The predicted octanol–water partition coefficient (Wildman–Crippen LogP) is 4.80. The van der Waals surface area contributed by atoms with E-state index in [-0.39, 0.29) is 16.6 Å². The smallest absolute Gasteiger partial charge is 0.368 e. The van der Waals surface area contributed by atoms with Gasteiger partial charge in [0.15, 0.2) is 10.1 Å². The molecule has 1 aliphatic carbocycles. The van der Waals surface area contributed by atoms with E-state index in [1.54, 1.807) is 12.1 Å². The van der Waals surface area contributed by atoms with Crippen LogP contribution in [0.15, 0.2) is 54.6 Å². The van der Waals surface area contributed by atoms with Crippen molar-refractivity contribution in [2.24, 2.45) is 0 Å². The minimum Gasteiger partial charge on any atom is -0.743 e. The summed E-state index contributed by atoms with van der Waals surface area (Å²) in [5.74, 6) is 1.91. The third-order valence-corrected chi connectivity index (χ3v) is 9.06. The third-order valence-electron chi connectivity index (χ3n) is 5.31. The topological polar surface area (TPSA) is 66.4 Å². The Bertz CT molecular complexity index is 948. The van der Waals surface area contributed by atoms with Crippen LogP contribution in [0.4, 0.5) is 13.2 Å². The fourth-order valence-corrected chi connectivity index (χ4v) is 6.84. The van der Waals surface area contributed by atoms with Crippen LogP contribution in [0.5, 0.6) is 5.75 Å². The quantitative estimate of drug-likeness (QED) is 0.366. The lowest BCUT2D eigenvalue weighted by atomic mass is 10.2. The van der Waals surface area contributed by atoms with Crippen LogP contribution in [0.25, 0.3) is 0 Å². The molecule has 3 rings (SSSR count). The van der Waals surface area contributed by atoms with Gasteiger partial charge in [0.1, 0.15) is 29.1 Å². The van der Waals surface area contributed by atoms with E-state index < -0.39 is 28.2 Å². The Balaban J connectivity index is 1.67. The SMILES string of the molecule is O=S(=O)([O-])C(F)(F)C(F)COc1cccc(C[S+](Cc2ccccc2)C2CCCC2)c1. The lowest BCUT2D eigenvalue weighted by Gasteiger charge is -2.23. The summed E-state index contributed by atoms with van der Waals surface area (Å²) in [7, 11) is -6.03. The van der Waals surface area contributed by atoms with E-state index in [1.165, 1.54) is 37.3 Å². The van der Waals surface area contributed by atoms with E-state index in [4.69, 9.17) is 4.74 Å². The first kappa shape index (κ1) is 23.9. The molecular weight excluding hydrogens is 449 g/mol. The molecule has 0 saturated heterocycles. The molecule has 2 atom stereocenters. The molecule has 1 saturated carbocycles. The predicted molar refractivity (Wildman–Crippen MR) is 115 cm³/mol. The van der Waals surface area contributed by atoms with Gasteiger partial charge >= 0.3 is 5.25 Å². The fourth-order valence-electron chi connectivity index (χ4n) is 3.66. The maximum Gasteiger partial charge on any atom is 0.368 e. The van der Waals surface area contributed by atoms with Gasteiger partial charge in [0, 0.05) is 11.1 Å². The summed E-state index contributed by atoms with van der Waals surface area (Å²) in [6.07, 6.45) is 1.58. The summed E-state index contributed by atoms with van der Waals surface area (Å²) in [6.45, 7) is -1.23. The molecule has 9 heteroatoms. The molecule has 4 nitrogen and oxygen atoms in total. The maximum absolute atomic E-state index is 13.7. The van der Waals surface area contributed by atoms with Crippen LogP contribution in [0.3, 0.4) is 0 Å². The third kappa shape index (κ3) is 6.40. The summed E-state index contributed by atoms with van der Waals surface area (Å²) < 4.78 is 77.0. The molecule has 31 heavy (non-hydrogen) atoms. The number of hydrogen-bond acceptors (Lipinski definition) is 4. The van der Waals surface area contributed by atoms with E-state index >= 15 is 0 Å². The molecular formula is C22H25F3O4S2. The van der Waals surface area contributed by atoms with Gasteiger partial charge in [0.25, 0.3) is 0 Å². The lowest BCUT2D eigenvalue weighted by molar-refractivity contribution is -0.0227. The Morgan fingerprint density at radius 1 is 1.03 bits per heavy atom. The molecule has 0 N–H and O–H groups in total. The standard InChI is InChI=1S/C22H25F3O4S2/c23-21(22(24,25)31(26,27)28)14-29-19-10-6-9-18(13-19)16-30(20-11-4-5-12-20)15-17-7-2-1-3-8-17/h1-3,6-10,13,20-21H,4-5,11-12,14-16H2. The second-order valence-corrected chi connectivity index (χ2v) is 11.4. The molecule has 2 aromatic rings. The minimum absolute atomic E-state index is 0.0811. The first-order chi connectivity index (χ1) is 14.7. The van der Waals surface area contributed by atoms with Gasteiger partial charge < -0.3 is 9.29 Å². The second-order valence-electron chi connectivity index (χ2n) is 7.66. The Kier molecular flexibility index (Phi) is 7.93. The molecule has 2 aromatic carbocycles. The van der Waals surface area contributed by atoms with Crippen molar-refractivity contribution in [1.82, 2.24) is 0 Å². The molecule has 0 bridgehead atoms. The highest BCUT2D eigenvalue weighted by molar-refractivity contribution is 7.96. The van der Waals surface area contributed by atoms with Crippen molar-refractivity contribution in [3.05, 3.63) is 65.7 Å². The summed E-state index contributed by atoms with van der Waals surface area (Å²) >= 11 is 0. The van der Waals surface area contributed by atoms with Crippen LogP contribution in [-0.2, 0) is 32.5 Å². The van der Waals surface area contributed by atoms with Crippen molar-refractivity contribution < 1.29 is 30.9 Å². The summed E-state index contributed by atoms with van der Waals surface area (Å²) in [5, 5.41) is -4.41. The van der Waals surface area contributed by atoms with Crippen molar-refractivity contribution in [1.29, 1.82) is 0 Å². The zero-order valence-corrected chi connectivity index (χ0v) is 18.5. The molecule has 1 fully saturated rings. The molecule has 1 aliphatic rings.